The molecule has 0 bridgehead atoms. The molecule has 0 fully saturated rings. The van der Waals surface area contributed by atoms with Gasteiger partial charge in [-0.1, -0.05) is 64.1 Å². The molecule has 0 atom stereocenters. The molecule has 0 radical (unpaired) electrons. The molecular weight excluding hydrogens is 306 g/mol. The Labute approximate surface area is 138 Å². The summed E-state index contributed by atoms with van der Waals surface area (Å²) in [7, 11) is 0. The van der Waals surface area contributed by atoms with Gasteiger partial charge in [0.1, 0.15) is 0 Å². The first-order valence-electron chi connectivity index (χ1n) is 8.53. The summed E-state index contributed by atoms with van der Waals surface area (Å²) in [4.78, 5) is 0. The van der Waals surface area contributed by atoms with Gasteiger partial charge in [0.2, 0.25) is 0 Å². The van der Waals surface area contributed by atoms with Crippen LogP contribution in [0.5, 0.6) is 0 Å². The molecule has 0 unspecified atom stereocenters. The Hall–Kier alpha value is -0.677. The fourth-order valence-corrected chi connectivity index (χ4v) is 3.84. The van der Waals surface area contributed by atoms with E-state index in [9.17, 15) is 0 Å². The second-order valence-electron chi connectivity index (χ2n) is 6.53. The van der Waals surface area contributed by atoms with Gasteiger partial charge in [0, 0.05) is 0 Å². The van der Waals surface area contributed by atoms with E-state index in [1.54, 1.807) is 0 Å². The van der Waals surface area contributed by atoms with Gasteiger partial charge in [0.05, 0.1) is 0 Å². The normalized spacial score (nSPS) is 10.5. The van der Waals surface area contributed by atoms with Gasteiger partial charge in [-0.05, 0) is 33.7 Å². The van der Waals surface area contributed by atoms with Crippen LogP contribution in [0, 0.1) is 0 Å². The summed E-state index contributed by atoms with van der Waals surface area (Å²) in [6.07, 6.45) is 0. The first-order chi connectivity index (χ1) is 9.99. The van der Waals surface area contributed by atoms with Crippen LogP contribution in [0.15, 0.2) is 36.4 Å². The van der Waals surface area contributed by atoms with Crippen molar-refractivity contribution in [3.8, 4) is 0 Å². The average Bonchev–Trinajstić information content (AvgIpc) is 2.47. The Kier molecular flexibility index (Phi) is 8.19. The van der Waals surface area contributed by atoms with E-state index < -0.39 is 0 Å². The molecule has 21 heavy (non-hydrogen) atoms. The molecule has 0 heterocycles. The van der Waals surface area contributed by atoms with Crippen molar-refractivity contribution in [1.29, 1.82) is 0 Å². The van der Waals surface area contributed by atoms with Gasteiger partial charge in [0.15, 0.2) is 0 Å². The van der Waals surface area contributed by atoms with Crippen LogP contribution >= 0.6 is 0 Å². The third-order valence-electron chi connectivity index (χ3n) is 3.93. The number of hydrogen-bond acceptors (Lipinski definition) is 0. The number of rotatable bonds is 4. The molecule has 0 saturated heterocycles. The summed E-state index contributed by atoms with van der Waals surface area (Å²) in [5.74, 6) is 1.21. The molecule has 0 aliphatic carbocycles. The summed E-state index contributed by atoms with van der Waals surface area (Å²) >= 11 is 0.0972. The van der Waals surface area contributed by atoms with Crippen molar-refractivity contribution in [1.82, 2.24) is 0 Å². The van der Waals surface area contributed by atoms with E-state index in [0.29, 0.717) is 11.8 Å². The van der Waals surface area contributed by atoms with Gasteiger partial charge in [-0.2, -0.15) is 0 Å². The summed E-state index contributed by atoms with van der Waals surface area (Å²) in [5.41, 5.74) is 2.84. The number of benzene rings is 2. The quantitative estimate of drug-likeness (QED) is 0.526. The van der Waals surface area contributed by atoms with E-state index in [0.717, 1.165) is 0 Å². The number of fused-ring (bicyclic) bond motifs is 1. The van der Waals surface area contributed by atoms with Crippen molar-refractivity contribution < 1.29 is 17.1 Å². The van der Waals surface area contributed by atoms with E-state index in [2.05, 4.69) is 77.9 Å². The first kappa shape index (κ1) is 18.4. The van der Waals surface area contributed by atoms with Crippen LogP contribution in [0.4, 0.5) is 0 Å². The standard InChI is InChI=1S/C16H20.2C2H5.Zn/c1-11(2)13-5-7-16-10-14(12(3)4)6-8-15(16)9-13;2*1-2;/h5-12H,1-4H3;2*1H2,2H3;. The minimum absolute atomic E-state index is 0.0972. The second-order valence-corrected chi connectivity index (χ2v) is 12.2. The zero-order chi connectivity index (χ0) is 15.8. The summed E-state index contributed by atoms with van der Waals surface area (Å²) in [5, 5.41) is 5.78. The van der Waals surface area contributed by atoms with Crippen molar-refractivity contribution in [2.45, 2.75) is 63.4 Å². The molecule has 112 valence electrons. The molecule has 0 nitrogen and oxygen atoms in total. The van der Waals surface area contributed by atoms with Crippen LogP contribution in [0.3, 0.4) is 0 Å². The van der Waals surface area contributed by atoms with Crippen LogP contribution in [0.1, 0.15) is 64.5 Å². The monoisotopic (exact) mass is 334 g/mol. The Morgan fingerprint density at radius 1 is 0.714 bits per heavy atom. The van der Waals surface area contributed by atoms with Crippen molar-refractivity contribution >= 4 is 10.8 Å². The fourth-order valence-electron chi connectivity index (χ4n) is 2.35. The average molecular weight is 336 g/mol. The minimum atomic E-state index is 0.0972. The van der Waals surface area contributed by atoms with Gasteiger partial charge in [-0.25, -0.2) is 0 Å². The van der Waals surface area contributed by atoms with Crippen LogP contribution in [-0.2, 0) is 17.1 Å². The van der Waals surface area contributed by atoms with E-state index >= 15 is 0 Å². The summed E-state index contributed by atoms with van der Waals surface area (Å²) < 4.78 is 0. The zero-order valence-corrected chi connectivity index (χ0v) is 17.7. The molecular formula is C20H30Zn. The maximum atomic E-state index is 2.31. The van der Waals surface area contributed by atoms with Crippen molar-refractivity contribution in [2.24, 2.45) is 0 Å². The Morgan fingerprint density at radius 2 is 1.10 bits per heavy atom. The second kappa shape index (κ2) is 9.36. The molecule has 1 heteroatoms. The van der Waals surface area contributed by atoms with Crippen molar-refractivity contribution in [3.05, 3.63) is 47.5 Å². The van der Waals surface area contributed by atoms with Crippen molar-refractivity contribution in [2.75, 3.05) is 0 Å². The third kappa shape index (κ3) is 5.91. The fraction of sp³-hybridized carbons (Fsp3) is 0.500. The molecule has 0 aromatic heterocycles. The molecule has 0 aliphatic rings. The zero-order valence-electron chi connectivity index (χ0n) is 14.7. The first-order valence-corrected chi connectivity index (χ1v) is 12.7. The maximum absolute atomic E-state index is 2.31. The molecule has 0 spiro atoms. The topological polar surface area (TPSA) is 0 Å². The van der Waals surface area contributed by atoms with E-state index in [4.69, 9.17) is 0 Å². The van der Waals surface area contributed by atoms with Gasteiger partial charge in [-0.3, -0.25) is 0 Å². The van der Waals surface area contributed by atoms with Gasteiger partial charge < -0.3 is 0 Å². The third-order valence-corrected chi connectivity index (χ3v) is 6.90. The van der Waals surface area contributed by atoms with Crippen LogP contribution in [-0.4, -0.2) is 0 Å². The van der Waals surface area contributed by atoms with Crippen LogP contribution in [0.25, 0.3) is 10.8 Å². The predicted octanol–water partition coefficient (Wildman–Crippen LogP) is 7.03. The van der Waals surface area contributed by atoms with Crippen LogP contribution < -0.4 is 0 Å². The summed E-state index contributed by atoms with van der Waals surface area (Å²) in [6.45, 7) is 13.5. The molecule has 2 rings (SSSR count). The number of hydrogen-bond donors (Lipinski definition) is 0. The molecule has 2 aromatic carbocycles. The SMILES string of the molecule is CC(C)c1ccc2cc(C(C)C)ccc2c1.C[CH2][Zn][CH2]C. The van der Waals surface area contributed by atoms with Crippen molar-refractivity contribution in [3.63, 3.8) is 0 Å². The van der Waals surface area contributed by atoms with Gasteiger partial charge >= 0.3 is 41.0 Å². The molecule has 2 aromatic rings. The Balaban J connectivity index is 0.000000383. The molecule has 0 saturated carbocycles. The Bertz CT molecular complexity index is 491. The summed E-state index contributed by atoms with van der Waals surface area (Å²) in [6, 6.07) is 13.6. The molecule has 0 aliphatic heterocycles. The molecule has 0 N–H and O–H groups in total. The van der Waals surface area contributed by atoms with Crippen LogP contribution in [0.2, 0.25) is 10.0 Å². The Morgan fingerprint density at radius 3 is 1.33 bits per heavy atom. The van der Waals surface area contributed by atoms with E-state index in [1.807, 2.05) is 0 Å². The van der Waals surface area contributed by atoms with Gasteiger partial charge in [0.25, 0.3) is 0 Å². The molecule has 0 amide bonds. The van der Waals surface area contributed by atoms with Gasteiger partial charge in [-0.15, -0.1) is 0 Å². The van der Waals surface area contributed by atoms with E-state index in [-0.39, 0.29) is 17.1 Å². The predicted molar refractivity (Wildman–Crippen MR) is 93.1 cm³/mol. The van der Waals surface area contributed by atoms with E-state index in [1.165, 1.54) is 31.9 Å².